The maximum Gasteiger partial charge on any atom is 0.309 e. The Labute approximate surface area is 122 Å². The molecule has 0 bridgehead atoms. The van der Waals surface area contributed by atoms with E-state index in [-0.39, 0.29) is 0 Å². The Balaban J connectivity index is 2.12. The van der Waals surface area contributed by atoms with E-state index in [1.54, 1.807) is 0 Å². The van der Waals surface area contributed by atoms with Crippen molar-refractivity contribution in [3.05, 3.63) is 35.4 Å². The van der Waals surface area contributed by atoms with Crippen molar-refractivity contribution in [1.29, 1.82) is 0 Å². The second kappa shape index (κ2) is 5.99. The summed E-state index contributed by atoms with van der Waals surface area (Å²) in [5.74, 6) is 0.752. The topological polar surface area (TPSA) is 37.3 Å². The lowest BCUT2D eigenvalue weighted by Crippen LogP contribution is -2.38. The Bertz CT molecular complexity index is 451. The molecule has 110 valence electrons. The van der Waals surface area contributed by atoms with E-state index in [4.69, 9.17) is 0 Å². The zero-order chi connectivity index (χ0) is 14.8. The highest BCUT2D eigenvalue weighted by molar-refractivity contribution is 5.75. The first-order valence-electron chi connectivity index (χ1n) is 7.72. The number of aliphatic carboxylic acids is 1. The fraction of sp³-hybridized carbons (Fsp3) is 0.611. The summed E-state index contributed by atoms with van der Waals surface area (Å²) in [6.07, 6.45) is 4.41. The molecule has 0 aromatic heterocycles. The summed E-state index contributed by atoms with van der Waals surface area (Å²) in [7, 11) is 0. The molecule has 0 atom stereocenters. The van der Waals surface area contributed by atoms with Crippen LogP contribution in [0.4, 0.5) is 0 Å². The van der Waals surface area contributed by atoms with Gasteiger partial charge in [0, 0.05) is 0 Å². The molecule has 1 N–H and O–H groups in total. The molecule has 0 heterocycles. The van der Waals surface area contributed by atoms with Crippen LogP contribution in [0.2, 0.25) is 0 Å². The van der Waals surface area contributed by atoms with Crippen molar-refractivity contribution in [2.45, 2.75) is 52.9 Å². The van der Waals surface area contributed by atoms with Gasteiger partial charge in [0.15, 0.2) is 0 Å². The van der Waals surface area contributed by atoms with Crippen molar-refractivity contribution >= 4 is 5.97 Å². The van der Waals surface area contributed by atoms with E-state index in [1.165, 1.54) is 5.56 Å². The highest BCUT2D eigenvalue weighted by Gasteiger charge is 2.42. The zero-order valence-electron chi connectivity index (χ0n) is 12.9. The molecule has 0 radical (unpaired) electrons. The monoisotopic (exact) mass is 274 g/mol. The quantitative estimate of drug-likeness (QED) is 0.880. The third-order valence-electron chi connectivity index (χ3n) is 5.05. The summed E-state index contributed by atoms with van der Waals surface area (Å²) in [5.41, 5.74) is 1.84. The van der Waals surface area contributed by atoms with E-state index < -0.39 is 11.4 Å². The van der Waals surface area contributed by atoms with Crippen LogP contribution in [0.5, 0.6) is 0 Å². The Morgan fingerprint density at radius 3 is 2.25 bits per heavy atom. The van der Waals surface area contributed by atoms with E-state index in [9.17, 15) is 9.90 Å². The van der Waals surface area contributed by atoms with Gasteiger partial charge in [0.25, 0.3) is 0 Å². The van der Waals surface area contributed by atoms with Gasteiger partial charge < -0.3 is 5.11 Å². The molecule has 1 aromatic carbocycles. The third kappa shape index (κ3) is 3.23. The second-order valence-corrected chi connectivity index (χ2v) is 6.83. The number of aryl methyl sites for hydroxylation is 1. The van der Waals surface area contributed by atoms with Crippen molar-refractivity contribution in [2.24, 2.45) is 17.3 Å². The van der Waals surface area contributed by atoms with Crippen LogP contribution in [0.3, 0.4) is 0 Å². The van der Waals surface area contributed by atoms with Crippen LogP contribution in [-0.2, 0) is 11.2 Å². The minimum Gasteiger partial charge on any atom is -0.481 e. The average molecular weight is 274 g/mol. The Hall–Kier alpha value is -1.31. The lowest BCUT2D eigenvalue weighted by molar-refractivity contribution is -0.151. The minimum atomic E-state index is -0.611. The molecule has 2 rings (SSSR count). The molecule has 2 nitrogen and oxygen atoms in total. The number of hydrogen-bond donors (Lipinski definition) is 1. The smallest absolute Gasteiger partial charge is 0.309 e. The van der Waals surface area contributed by atoms with Crippen molar-refractivity contribution < 1.29 is 9.90 Å². The van der Waals surface area contributed by atoms with E-state index in [0.717, 1.165) is 31.2 Å². The molecule has 0 saturated heterocycles. The minimum absolute atomic E-state index is 0.541. The van der Waals surface area contributed by atoms with Gasteiger partial charge in [-0.15, -0.1) is 0 Å². The van der Waals surface area contributed by atoms with Crippen LogP contribution in [0, 0.1) is 24.2 Å². The fourth-order valence-electron chi connectivity index (χ4n) is 3.42. The molecule has 2 heteroatoms. The summed E-state index contributed by atoms with van der Waals surface area (Å²) in [6, 6.07) is 8.30. The highest BCUT2D eigenvalue weighted by Crippen LogP contribution is 2.43. The van der Waals surface area contributed by atoms with Gasteiger partial charge in [-0.2, -0.15) is 0 Å². The maximum absolute atomic E-state index is 11.8. The summed E-state index contributed by atoms with van der Waals surface area (Å²) in [4.78, 5) is 11.8. The lowest BCUT2D eigenvalue weighted by Gasteiger charge is -2.38. The first kappa shape index (κ1) is 15.1. The van der Waals surface area contributed by atoms with E-state index in [1.807, 2.05) is 0 Å². The summed E-state index contributed by atoms with van der Waals surface area (Å²) in [5, 5.41) is 9.73. The molecule has 1 saturated carbocycles. The first-order chi connectivity index (χ1) is 9.43. The van der Waals surface area contributed by atoms with Crippen molar-refractivity contribution in [3.63, 3.8) is 0 Å². The van der Waals surface area contributed by atoms with Crippen LogP contribution >= 0.6 is 0 Å². The lowest BCUT2D eigenvalue weighted by atomic mass is 9.65. The number of hydrogen-bond acceptors (Lipinski definition) is 1. The fourth-order valence-corrected chi connectivity index (χ4v) is 3.42. The van der Waals surface area contributed by atoms with Crippen LogP contribution in [0.15, 0.2) is 24.3 Å². The first-order valence-corrected chi connectivity index (χ1v) is 7.72. The second-order valence-electron chi connectivity index (χ2n) is 6.83. The Kier molecular flexibility index (Phi) is 4.52. The average Bonchev–Trinajstić information content (AvgIpc) is 2.42. The Morgan fingerprint density at radius 2 is 1.80 bits per heavy atom. The summed E-state index contributed by atoms with van der Waals surface area (Å²) >= 11 is 0. The van der Waals surface area contributed by atoms with Crippen LogP contribution in [0.1, 0.15) is 50.7 Å². The van der Waals surface area contributed by atoms with Crippen molar-refractivity contribution in [3.8, 4) is 0 Å². The van der Waals surface area contributed by atoms with Gasteiger partial charge in [0.2, 0.25) is 0 Å². The molecule has 0 amide bonds. The number of carboxylic acid groups (broad SMARTS) is 1. The standard InChI is InChI=1S/C18H26O2/c1-13(2)16-8-10-18(11-9-16,17(19)20)12-15-6-4-14(3)5-7-15/h4-7,13,16H,8-12H2,1-3H3,(H,19,20). The van der Waals surface area contributed by atoms with Gasteiger partial charge in [-0.25, -0.2) is 0 Å². The normalized spacial score (nSPS) is 26.7. The molecule has 0 unspecified atom stereocenters. The summed E-state index contributed by atoms with van der Waals surface area (Å²) < 4.78 is 0. The van der Waals surface area contributed by atoms with E-state index in [2.05, 4.69) is 45.0 Å². The van der Waals surface area contributed by atoms with Crippen molar-refractivity contribution in [2.75, 3.05) is 0 Å². The molecule has 1 aliphatic rings. The van der Waals surface area contributed by atoms with Gasteiger partial charge in [0.1, 0.15) is 0 Å². The van der Waals surface area contributed by atoms with Gasteiger partial charge in [-0.05, 0) is 56.4 Å². The molecule has 1 aromatic rings. The highest BCUT2D eigenvalue weighted by atomic mass is 16.4. The number of benzene rings is 1. The van der Waals surface area contributed by atoms with Crippen molar-refractivity contribution in [1.82, 2.24) is 0 Å². The molecular weight excluding hydrogens is 248 g/mol. The SMILES string of the molecule is Cc1ccc(CC2(C(=O)O)CCC(C(C)C)CC2)cc1. The van der Waals surface area contributed by atoms with E-state index >= 15 is 0 Å². The number of carboxylic acids is 1. The van der Waals surface area contributed by atoms with Gasteiger partial charge >= 0.3 is 5.97 Å². The molecule has 1 aliphatic carbocycles. The molecular formula is C18H26O2. The van der Waals surface area contributed by atoms with Gasteiger partial charge in [-0.1, -0.05) is 43.7 Å². The van der Waals surface area contributed by atoms with Gasteiger partial charge in [0.05, 0.1) is 5.41 Å². The predicted molar refractivity (Wildman–Crippen MR) is 81.7 cm³/mol. The maximum atomic E-state index is 11.8. The Morgan fingerprint density at radius 1 is 1.25 bits per heavy atom. The third-order valence-corrected chi connectivity index (χ3v) is 5.05. The van der Waals surface area contributed by atoms with Crippen LogP contribution in [0.25, 0.3) is 0 Å². The molecule has 1 fully saturated rings. The molecule has 20 heavy (non-hydrogen) atoms. The molecule has 0 spiro atoms. The zero-order valence-corrected chi connectivity index (χ0v) is 12.9. The summed E-state index contributed by atoms with van der Waals surface area (Å²) in [6.45, 7) is 6.56. The van der Waals surface area contributed by atoms with Crippen LogP contribution in [-0.4, -0.2) is 11.1 Å². The van der Waals surface area contributed by atoms with Gasteiger partial charge in [-0.3, -0.25) is 4.79 Å². The predicted octanol–water partition coefficient (Wildman–Crippen LogP) is 4.45. The molecule has 0 aliphatic heterocycles. The van der Waals surface area contributed by atoms with E-state index in [0.29, 0.717) is 18.3 Å². The van der Waals surface area contributed by atoms with Crippen LogP contribution < -0.4 is 0 Å². The largest absolute Gasteiger partial charge is 0.481 e. The number of carbonyl (C=O) groups is 1. The number of rotatable bonds is 4.